The Morgan fingerprint density at radius 2 is 2.00 bits per heavy atom. The minimum absolute atomic E-state index is 0.128. The summed E-state index contributed by atoms with van der Waals surface area (Å²) in [5, 5.41) is 8.69. The maximum atomic E-state index is 12.7. The first-order valence-corrected chi connectivity index (χ1v) is 4.39. The Morgan fingerprint density at radius 1 is 1.41 bits per heavy atom. The molecule has 0 heterocycles. The van der Waals surface area contributed by atoms with E-state index in [1.54, 1.807) is 0 Å². The molecule has 0 saturated carbocycles. The van der Waals surface area contributed by atoms with Crippen LogP contribution in [0.5, 0.6) is 0 Å². The van der Waals surface area contributed by atoms with Crippen molar-refractivity contribution in [3.8, 4) is 12.3 Å². The number of halogens is 3. The molecule has 1 aromatic rings. The second kappa shape index (κ2) is 4.11. The van der Waals surface area contributed by atoms with Gasteiger partial charge < -0.3 is 10.8 Å². The van der Waals surface area contributed by atoms with Crippen LogP contribution in [0.15, 0.2) is 24.3 Å². The Hall–Kier alpha value is -2.00. The molecule has 0 aliphatic rings. The number of carboxylic acid groups (broad SMARTS) is 1. The highest BCUT2D eigenvalue weighted by atomic mass is 19.4. The number of hydrogen-bond donors (Lipinski definition) is 2. The summed E-state index contributed by atoms with van der Waals surface area (Å²) < 4.78 is 38.2. The molecule has 1 rings (SSSR count). The molecule has 3 N–H and O–H groups in total. The Kier molecular flexibility index (Phi) is 3.16. The average molecular weight is 243 g/mol. The van der Waals surface area contributed by atoms with E-state index in [0.717, 1.165) is 12.1 Å². The van der Waals surface area contributed by atoms with Crippen molar-refractivity contribution in [3.05, 3.63) is 35.4 Å². The van der Waals surface area contributed by atoms with Crippen LogP contribution in [0, 0.1) is 12.3 Å². The van der Waals surface area contributed by atoms with E-state index in [1.807, 2.05) is 0 Å². The number of alkyl halides is 3. The fraction of sp³-hybridized carbons (Fsp3) is 0.182. The number of carboxylic acids is 1. The lowest BCUT2D eigenvalue weighted by atomic mass is 9.89. The van der Waals surface area contributed by atoms with E-state index in [4.69, 9.17) is 17.3 Å². The van der Waals surface area contributed by atoms with Gasteiger partial charge in [0.05, 0.1) is 0 Å². The van der Waals surface area contributed by atoms with E-state index in [-0.39, 0.29) is 5.56 Å². The van der Waals surface area contributed by atoms with Crippen LogP contribution in [-0.4, -0.2) is 17.3 Å². The largest absolute Gasteiger partial charge is 0.479 e. The predicted octanol–water partition coefficient (Wildman–Crippen LogP) is 1.47. The summed E-state index contributed by atoms with van der Waals surface area (Å²) in [5.41, 5.74) is 1.04. The number of terminal acetylenes is 1. The lowest BCUT2D eigenvalue weighted by Crippen LogP contribution is -2.56. The highest BCUT2D eigenvalue weighted by Gasteiger charge is 2.59. The normalized spacial score (nSPS) is 14.8. The van der Waals surface area contributed by atoms with Gasteiger partial charge in [-0.15, -0.1) is 6.42 Å². The number of nitrogens with two attached hydrogens (primary N) is 1. The van der Waals surface area contributed by atoms with Crippen molar-refractivity contribution in [2.24, 2.45) is 5.73 Å². The molecule has 0 bridgehead atoms. The van der Waals surface area contributed by atoms with Crippen molar-refractivity contribution >= 4 is 5.97 Å². The topological polar surface area (TPSA) is 63.3 Å². The first-order chi connectivity index (χ1) is 7.73. The first kappa shape index (κ1) is 13.1. The van der Waals surface area contributed by atoms with Gasteiger partial charge in [0.15, 0.2) is 0 Å². The lowest BCUT2D eigenvalue weighted by molar-refractivity contribution is -0.204. The molecular formula is C11H8F3NO2. The fourth-order valence-electron chi connectivity index (χ4n) is 1.26. The van der Waals surface area contributed by atoms with Gasteiger partial charge in [-0.2, -0.15) is 13.2 Å². The van der Waals surface area contributed by atoms with Crippen molar-refractivity contribution in [2.45, 2.75) is 11.7 Å². The van der Waals surface area contributed by atoms with Crippen molar-refractivity contribution < 1.29 is 23.1 Å². The Labute approximate surface area is 95.0 Å². The zero-order chi connectivity index (χ0) is 13.3. The summed E-state index contributed by atoms with van der Waals surface area (Å²) in [6.07, 6.45) is -0.0913. The predicted molar refractivity (Wildman–Crippen MR) is 53.9 cm³/mol. The molecule has 1 atom stereocenters. The van der Waals surface area contributed by atoms with Gasteiger partial charge in [-0.3, -0.25) is 0 Å². The van der Waals surface area contributed by atoms with E-state index in [9.17, 15) is 18.0 Å². The van der Waals surface area contributed by atoms with Gasteiger partial charge in [0, 0.05) is 5.56 Å². The lowest BCUT2D eigenvalue weighted by Gasteiger charge is -2.27. The van der Waals surface area contributed by atoms with Gasteiger partial charge in [-0.05, 0) is 17.7 Å². The van der Waals surface area contributed by atoms with Crippen LogP contribution in [0.4, 0.5) is 13.2 Å². The molecule has 0 amide bonds. The first-order valence-electron chi connectivity index (χ1n) is 4.39. The number of rotatable bonds is 2. The van der Waals surface area contributed by atoms with Crippen LogP contribution in [0.2, 0.25) is 0 Å². The Bertz CT molecular complexity index is 490. The summed E-state index contributed by atoms with van der Waals surface area (Å²) in [7, 11) is 0. The quantitative estimate of drug-likeness (QED) is 0.773. The summed E-state index contributed by atoms with van der Waals surface area (Å²) in [4.78, 5) is 10.8. The molecule has 0 aliphatic heterocycles. The fourth-order valence-corrected chi connectivity index (χ4v) is 1.26. The molecule has 0 aliphatic carbocycles. The minimum atomic E-state index is -5.12. The third-order valence-corrected chi connectivity index (χ3v) is 2.27. The molecule has 1 aromatic carbocycles. The third-order valence-electron chi connectivity index (χ3n) is 2.27. The van der Waals surface area contributed by atoms with Gasteiger partial charge >= 0.3 is 12.1 Å². The number of carbonyl (C=O) groups is 1. The smallest absolute Gasteiger partial charge is 0.421 e. The van der Waals surface area contributed by atoms with Crippen LogP contribution in [-0.2, 0) is 10.3 Å². The molecule has 0 saturated heterocycles. The van der Waals surface area contributed by atoms with Crippen molar-refractivity contribution in [1.29, 1.82) is 0 Å². The third kappa shape index (κ3) is 2.10. The summed E-state index contributed by atoms with van der Waals surface area (Å²) in [6.45, 7) is 0. The average Bonchev–Trinajstić information content (AvgIpc) is 2.26. The highest BCUT2D eigenvalue weighted by molar-refractivity contribution is 5.81. The number of hydrogen-bond acceptors (Lipinski definition) is 2. The van der Waals surface area contributed by atoms with Gasteiger partial charge in [0.25, 0.3) is 0 Å². The zero-order valence-electron chi connectivity index (χ0n) is 8.45. The van der Waals surface area contributed by atoms with E-state index in [2.05, 4.69) is 5.92 Å². The van der Waals surface area contributed by atoms with E-state index >= 15 is 0 Å². The molecule has 17 heavy (non-hydrogen) atoms. The van der Waals surface area contributed by atoms with Crippen molar-refractivity contribution in [2.75, 3.05) is 0 Å². The van der Waals surface area contributed by atoms with E-state index < -0.39 is 23.2 Å². The summed E-state index contributed by atoms with van der Waals surface area (Å²) in [5.74, 6) is -0.0673. The molecular weight excluding hydrogens is 235 g/mol. The summed E-state index contributed by atoms with van der Waals surface area (Å²) in [6, 6.07) is 4.51. The Balaban J connectivity index is 3.45. The molecule has 0 fully saturated rings. The summed E-state index contributed by atoms with van der Waals surface area (Å²) >= 11 is 0. The molecule has 3 nitrogen and oxygen atoms in total. The van der Waals surface area contributed by atoms with Crippen molar-refractivity contribution in [1.82, 2.24) is 0 Å². The molecule has 6 heteroatoms. The van der Waals surface area contributed by atoms with Crippen LogP contribution >= 0.6 is 0 Å². The Morgan fingerprint density at radius 3 is 2.41 bits per heavy atom. The monoisotopic (exact) mass is 243 g/mol. The molecule has 0 radical (unpaired) electrons. The maximum absolute atomic E-state index is 12.7. The van der Waals surface area contributed by atoms with Crippen LogP contribution in [0.1, 0.15) is 11.1 Å². The van der Waals surface area contributed by atoms with Crippen LogP contribution in [0.25, 0.3) is 0 Å². The highest BCUT2D eigenvalue weighted by Crippen LogP contribution is 2.37. The van der Waals surface area contributed by atoms with Crippen molar-refractivity contribution in [3.63, 3.8) is 0 Å². The maximum Gasteiger partial charge on any atom is 0.421 e. The van der Waals surface area contributed by atoms with Crippen LogP contribution in [0.3, 0.4) is 0 Å². The molecule has 90 valence electrons. The second-order valence-corrected chi connectivity index (χ2v) is 3.34. The van der Waals surface area contributed by atoms with Gasteiger partial charge in [0.2, 0.25) is 5.54 Å². The van der Waals surface area contributed by atoms with Gasteiger partial charge in [-0.1, -0.05) is 18.1 Å². The SMILES string of the molecule is C#Cc1cccc([C@@](N)(C(=O)O)C(F)(F)F)c1. The van der Waals surface area contributed by atoms with Gasteiger partial charge in [-0.25, -0.2) is 4.79 Å². The standard InChI is InChI=1S/C11H8F3NO2/c1-2-7-4-3-5-8(6-7)10(15,9(16)17)11(12,13)14/h1,3-6H,15H2,(H,16,17)/t10-/m1/s1. The second-order valence-electron chi connectivity index (χ2n) is 3.34. The zero-order valence-corrected chi connectivity index (χ0v) is 8.45. The van der Waals surface area contributed by atoms with Crippen LogP contribution < -0.4 is 5.73 Å². The van der Waals surface area contributed by atoms with E-state index in [1.165, 1.54) is 12.1 Å². The van der Waals surface area contributed by atoms with E-state index in [0.29, 0.717) is 0 Å². The number of aliphatic carboxylic acids is 1. The molecule has 0 aromatic heterocycles. The number of benzene rings is 1. The van der Waals surface area contributed by atoms with Gasteiger partial charge in [0.1, 0.15) is 0 Å². The molecule has 0 spiro atoms. The minimum Gasteiger partial charge on any atom is -0.479 e. The molecule has 0 unspecified atom stereocenters.